The van der Waals surface area contributed by atoms with Gasteiger partial charge in [0, 0.05) is 18.6 Å². The Balaban J connectivity index is 2.07. The molecule has 0 amide bonds. The summed E-state index contributed by atoms with van der Waals surface area (Å²) >= 11 is 0. The molecular weight excluding hydrogens is 280 g/mol. The average Bonchev–Trinajstić information content (AvgIpc) is 2.75. The lowest BCUT2D eigenvalue weighted by atomic mass is 9.95. The Morgan fingerprint density at radius 2 is 1.85 bits per heavy atom. The molecule has 20 heavy (non-hydrogen) atoms. The van der Waals surface area contributed by atoms with Gasteiger partial charge in [-0.2, -0.15) is 17.4 Å². The molecule has 7 heteroatoms. The Labute approximate surface area is 120 Å². The van der Waals surface area contributed by atoms with Crippen LogP contribution in [-0.4, -0.2) is 42.4 Å². The third kappa shape index (κ3) is 3.71. The van der Waals surface area contributed by atoms with Gasteiger partial charge in [-0.1, -0.05) is 19.8 Å². The summed E-state index contributed by atoms with van der Waals surface area (Å²) in [6, 6.07) is 0. The van der Waals surface area contributed by atoms with E-state index in [4.69, 9.17) is 5.11 Å². The maximum absolute atomic E-state index is 12.5. The van der Waals surface area contributed by atoms with E-state index < -0.39 is 21.7 Å². The Morgan fingerprint density at radius 1 is 1.30 bits per heavy atom. The smallest absolute Gasteiger partial charge is 0.305 e. The standard InChI is InChI=1S/C13H24N2O4S/c1-11-4-8-15(9-5-11)20(18,19)14-13(10-12(16)17)6-2-3-7-13/h11,14H,2-10H2,1H3,(H,16,17). The van der Waals surface area contributed by atoms with E-state index in [0.717, 1.165) is 25.7 Å². The van der Waals surface area contributed by atoms with Crippen molar-refractivity contribution in [1.29, 1.82) is 0 Å². The highest BCUT2D eigenvalue weighted by Crippen LogP contribution is 2.34. The zero-order valence-corrected chi connectivity index (χ0v) is 12.8. The van der Waals surface area contributed by atoms with Crippen molar-refractivity contribution in [2.45, 2.75) is 57.4 Å². The SMILES string of the molecule is CC1CCN(S(=O)(=O)NC2(CC(=O)O)CCCC2)CC1. The molecule has 6 nitrogen and oxygen atoms in total. The van der Waals surface area contributed by atoms with E-state index >= 15 is 0 Å². The summed E-state index contributed by atoms with van der Waals surface area (Å²) in [5.41, 5.74) is -0.784. The van der Waals surface area contributed by atoms with E-state index in [1.807, 2.05) is 0 Å². The van der Waals surface area contributed by atoms with E-state index in [9.17, 15) is 13.2 Å². The van der Waals surface area contributed by atoms with Crippen LogP contribution in [0.3, 0.4) is 0 Å². The van der Waals surface area contributed by atoms with Crippen molar-refractivity contribution in [1.82, 2.24) is 9.03 Å². The van der Waals surface area contributed by atoms with Gasteiger partial charge in [-0.3, -0.25) is 4.79 Å². The molecule has 0 spiro atoms. The lowest BCUT2D eigenvalue weighted by Gasteiger charge is -2.34. The van der Waals surface area contributed by atoms with E-state index in [1.54, 1.807) is 0 Å². The fourth-order valence-corrected chi connectivity index (χ4v) is 4.86. The minimum atomic E-state index is -3.57. The minimum Gasteiger partial charge on any atom is -0.481 e. The van der Waals surface area contributed by atoms with E-state index in [-0.39, 0.29) is 6.42 Å². The normalized spacial score (nSPS) is 24.9. The van der Waals surface area contributed by atoms with Gasteiger partial charge in [0.15, 0.2) is 0 Å². The van der Waals surface area contributed by atoms with Gasteiger partial charge in [0.2, 0.25) is 0 Å². The van der Waals surface area contributed by atoms with Gasteiger partial charge in [0.05, 0.1) is 6.42 Å². The molecule has 0 bridgehead atoms. The van der Waals surface area contributed by atoms with Crippen LogP contribution in [-0.2, 0) is 15.0 Å². The first-order valence-corrected chi connectivity index (χ1v) is 8.78. The van der Waals surface area contributed by atoms with E-state index in [2.05, 4.69) is 11.6 Å². The summed E-state index contributed by atoms with van der Waals surface area (Å²) in [6.07, 6.45) is 4.60. The molecule has 2 aliphatic rings. The highest BCUT2D eigenvalue weighted by molar-refractivity contribution is 7.87. The van der Waals surface area contributed by atoms with Crippen molar-refractivity contribution >= 4 is 16.2 Å². The molecule has 0 unspecified atom stereocenters. The van der Waals surface area contributed by atoms with Crippen LogP contribution < -0.4 is 4.72 Å². The van der Waals surface area contributed by atoms with Crippen LogP contribution in [0.5, 0.6) is 0 Å². The summed E-state index contributed by atoms with van der Waals surface area (Å²) < 4.78 is 29.1. The number of nitrogens with one attached hydrogen (secondary N) is 1. The zero-order valence-electron chi connectivity index (χ0n) is 12.0. The van der Waals surface area contributed by atoms with Gasteiger partial charge < -0.3 is 5.11 Å². The van der Waals surface area contributed by atoms with Crippen LogP contribution in [0, 0.1) is 5.92 Å². The van der Waals surface area contributed by atoms with Crippen LogP contribution in [0.25, 0.3) is 0 Å². The maximum atomic E-state index is 12.5. The molecule has 1 aliphatic heterocycles. The summed E-state index contributed by atoms with van der Waals surface area (Å²) in [7, 11) is -3.57. The van der Waals surface area contributed by atoms with Crippen molar-refractivity contribution < 1.29 is 18.3 Å². The number of carboxylic acids is 1. The first-order valence-electron chi connectivity index (χ1n) is 7.34. The molecule has 0 atom stereocenters. The Kier molecular flexibility index (Phi) is 4.71. The largest absolute Gasteiger partial charge is 0.481 e. The highest BCUT2D eigenvalue weighted by atomic mass is 32.2. The van der Waals surface area contributed by atoms with Crippen molar-refractivity contribution in [3.05, 3.63) is 0 Å². The average molecular weight is 304 g/mol. The summed E-state index contributed by atoms with van der Waals surface area (Å²) in [4.78, 5) is 11.0. The van der Waals surface area contributed by atoms with Crippen LogP contribution in [0.15, 0.2) is 0 Å². The van der Waals surface area contributed by atoms with Gasteiger partial charge >= 0.3 is 5.97 Å². The van der Waals surface area contributed by atoms with Crippen LogP contribution in [0.1, 0.15) is 51.9 Å². The van der Waals surface area contributed by atoms with Crippen molar-refractivity contribution in [2.24, 2.45) is 5.92 Å². The first-order chi connectivity index (χ1) is 9.33. The molecule has 0 aromatic heterocycles. The number of hydrogen-bond donors (Lipinski definition) is 2. The van der Waals surface area contributed by atoms with E-state index in [0.29, 0.717) is 31.8 Å². The second-order valence-electron chi connectivity index (χ2n) is 6.25. The number of piperidine rings is 1. The second kappa shape index (κ2) is 5.99. The lowest BCUT2D eigenvalue weighted by Crippen LogP contribution is -2.54. The highest BCUT2D eigenvalue weighted by Gasteiger charge is 2.41. The number of aliphatic carboxylic acids is 1. The predicted octanol–water partition coefficient (Wildman–Crippen LogP) is 1.34. The maximum Gasteiger partial charge on any atom is 0.305 e. The van der Waals surface area contributed by atoms with Crippen molar-refractivity contribution in [3.8, 4) is 0 Å². The van der Waals surface area contributed by atoms with Gasteiger partial charge in [0.25, 0.3) is 10.2 Å². The van der Waals surface area contributed by atoms with Crippen LogP contribution in [0.4, 0.5) is 0 Å². The molecule has 2 N–H and O–H groups in total. The van der Waals surface area contributed by atoms with Crippen LogP contribution in [0.2, 0.25) is 0 Å². The summed E-state index contributed by atoms with van der Waals surface area (Å²) in [5.74, 6) is -0.386. The third-order valence-electron chi connectivity index (χ3n) is 4.48. The quantitative estimate of drug-likeness (QED) is 0.802. The lowest BCUT2D eigenvalue weighted by molar-refractivity contribution is -0.138. The monoisotopic (exact) mass is 304 g/mol. The molecular formula is C13H24N2O4S. The number of rotatable bonds is 5. The summed E-state index contributed by atoms with van der Waals surface area (Å²) in [5, 5.41) is 9.03. The topological polar surface area (TPSA) is 86.7 Å². The van der Waals surface area contributed by atoms with Gasteiger partial charge in [-0.15, -0.1) is 0 Å². The second-order valence-corrected chi connectivity index (χ2v) is 7.92. The molecule has 2 rings (SSSR count). The Hall–Kier alpha value is -0.660. The van der Waals surface area contributed by atoms with Crippen LogP contribution >= 0.6 is 0 Å². The predicted molar refractivity (Wildman–Crippen MR) is 75.5 cm³/mol. The number of carboxylic acid groups (broad SMARTS) is 1. The first kappa shape index (κ1) is 15.7. The third-order valence-corrected chi connectivity index (χ3v) is 6.21. The molecule has 0 radical (unpaired) electrons. The number of carbonyl (C=O) groups is 1. The minimum absolute atomic E-state index is 0.128. The number of hydrogen-bond acceptors (Lipinski definition) is 3. The zero-order chi connectivity index (χ0) is 14.8. The Morgan fingerprint density at radius 3 is 2.35 bits per heavy atom. The van der Waals surface area contributed by atoms with Gasteiger partial charge in [0.1, 0.15) is 0 Å². The summed E-state index contributed by atoms with van der Waals surface area (Å²) in [6.45, 7) is 3.18. The van der Waals surface area contributed by atoms with Gasteiger partial charge in [-0.25, -0.2) is 0 Å². The molecule has 116 valence electrons. The molecule has 1 aliphatic carbocycles. The van der Waals surface area contributed by atoms with Crippen molar-refractivity contribution in [3.63, 3.8) is 0 Å². The number of nitrogens with zero attached hydrogens (tertiary/aromatic N) is 1. The fraction of sp³-hybridized carbons (Fsp3) is 0.923. The van der Waals surface area contributed by atoms with E-state index in [1.165, 1.54) is 4.31 Å². The molecule has 1 saturated carbocycles. The van der Waals surface area contributed by atoms with Gasteiger partial charge in [-0.05, 0) is 31.6 Å². The molecule has 1 saturated heterocycles. The van der Waals surface area contributed by atoms with Crippen molar-refractivity contribution in [2.75, 3.05) is 13.1 Å². The molecule has 1 heterocycles. The fourth-order valence-electron chi connectivity index (χ4n) is 3.22. The molecule has 0 aromatic carbocycles. The Bertz CT molecular complexity index is 449. The molecule has 0 aromatic rings. The molecule has 2 fully saturated rings.